The molecule has 0 fully saturated rings. The molecule has 1 rings (SSSR count). The number of hydrogen-bond acceptors (Lipinski definition) is 5. The minimum Gasteiger partial charge on any atom is -0.497 e. The molecule has 0 aliphatic carbocycles. The van der Waals surface area contributed by atoms with Crippen molar-refractivity contribution in [3.05, 3.63) is 35.4 Å². The maximum atomic E-state index is 11.6. The van der Waals surface area contributed by atoms with Gasteiger partial charge in [0.25, 0.3) is 5.91 Å². The largest absolute Gasteiger partial charge is 0.497 e. The molecule has 0 aromatic heterocycles. The number of amides is 1. The van der Waals surface area contributed by atoms with Crippen LogP contribution in [-0.2, 0) is 9.53 Å². The van der Waals surface area contributed by atoms with Gasteiger partial charge in [0, 0.05) is 6.08 Å². The van der Waals surface area contributed by atoms with Crippen LogP contribution in [0.15, 0.2) is 24.3 Å². The van der Waals surface area contributed by atoms with Gasteiger partial charge in [-0.25, -0.2) is 10.6 Å². The molecule has 0 spiro atoms. The van der Waals surface area contributed by atoms with Crippen LogP contribution in [0.25, 0.3) is 6.08 Å². The molecule has 0 bridgehead atoms. The first-order valence-electron chi connectivity index (χ1n) is 5.07. The van der Waals surface area contributed by atoms with Crippen molar-refractivity contribution in [3.8, 4) is 5.75 Å². The second kappa shape index (κ2) is 6.41. The van der Waals surface area contributed by atoms with E-state index in [0.29, 0.717) is 16.9 Å². The van der Waals surface area contributed by atoms with Gasteiger partial charge in [-0.3, -0.25) is 10.2 Å². The van der Waals surface area contributed by atoms with Crippen molar-refractivity contribution in [1.29, 1.82) is 0 Å². The fraction of sp³-hybridized carbons (Fsp3) is 0.167. The summed E-state index contributed by atoms with van der Waals surface area (Å²) < 4.78 is 9.48. The number of ether oxygens (including phenoxy) is 2. The lowest BCUT2D eigenvalue weighted by molar-refractivity contribution is -0.134. The number of nitrogens with two attached hydrogens (primary N) is 1. The van der Waals surface area contributed by atoms with E-state index in [-0.39, 0.29) is 0 Å². The first kappa shape index (κ1) is 13.7. The second-order valence-electron chi connectivity index (χ2n) is 3.28. The van der Waals surface area contributed by atoms with Gasteiger partial charge in [-0.1, -0.05) is 6.07 Å². The van der Waals surface area contributed by atoms with E-state index < -0.39 is 11.9 Å². The lowest BCUT2D eigenvalue weighted by atomic mass is 10.1. The molecule has 0 saturated carbocycles. The van der Waals surface area contributed by atoms with Gasteiger partial charge in [-0.2, -0.15) is 0 Å². The summed E-state index contributed by atoms with van der Waals surface area (Å²) in [6.07, 6.45) is 2.69. The van der Waals surface area contributed by atoms with Gasteiger partial charge in [0.05, 0.1) is 19.8 Å². The number of benzene rings is 1. The number of hydrazine groups is 1. The SMILES string of the molecule is COC(=O)C=Cc1ccc(OC)cc1C(=O)NN. The molecule has 1 aromatic rings. The molecule has 0 unspecified atom stereocenters. The smallest absolute Gasteiger partial charge is 0.330 e. The van der Waals surface area contributed by atoms with E-state index in [0.717, 1.165) is 0 Å². The zero-order valence-electron chi connectivity index (χ0n) is 10.1. The minimum atomic E-state index is -0.509. The molecular weight excluding hydrogens is 236 g/mol. The Morgan fingerprint density at radius 3 is 2.61 bits per heavy atom. The number of nitrogen functional groups attached to an aromatic ring is 1. The van der Waals surface area contributed by atoms with Gasteiger partial charge in [-0.15, -0.1) is 0 Å². The number of carbonyl (C=O) groups excluding carboxylic acids is 2. The van der Waals surface area contributed by atoms with Gasteiger partial charge in [0.15, 0.2) is 0 Å². The molecule has 0 saturated heterocycles. The fourth-order valence-electron chi connectivity index (χ4n) is 1.31. The van der Waals surface area contributed by atoms with Crippen LogP contribution < -0.4 is 16.0 Å². The number of nitrogens with one attached hydrogen (secondary N) is 1. The van der Waals surface area contributed by atoms with Crippen molar-refractivity contribution < 1.29 is 19.1 Å². The van der Waals surface area contributed by atoms with E-state index in [9.17, 15) is 9.59 Å². The van der Waals surface area contributed by atoms with Crippen molar-refractivity contribution in [2.24, 2.45) is 5.84 Å². The fourth-order valence-corrected chi connectivity index (χ4v) is 1.31. The Hall–Kier alpha value is -2.34. The summed E-state index contributed by atoms with van der Waals surface area (Å²) in [5.74, 6) is 4.62. The molecule has 0 aliphatic heterocycles. The molecule has 0 heterocycles. The van der Waals surface area contributed by atoms with Crippen LogP contribution >= 0.6 is 0 Å². The monoisotopic (exact) mass is 250 g/mol. The molecule has 0 aliphatic rings. The molecule has 0 atom stereocenters. The predicted octanol–water partition coefficient (Wildman–Crippen LogP) is 0.485. The summed E-state index contributed by atoms with van der Waals surface area (Å²) in [5, 5.41) is 0. The zero-order chi connectivity index (χ0) is 13.5. The lowest BCUT2D eigenvalue weighted by Gasteiger charge is -2.07. The predicted molar refractivity (Wildman–Crippen MR) is 65.7 cm³/mol. The molecule has 96 valence electrons. The Morgan fingerprint density at radius 1 is 1.33 bits per heavy atom. The van der Waals surface area contributed by atoms with Gasteiger partial charge in [-0.05, 0) is 23.8 Å². The highest BCUT2D eigenvalue weighted by molar-refractivity contribution is 5.99. The summed E-state index contributed by atoms with van der Waals surface area (Å²) in [7, 11) is 2.76. The highest BCUT2D eigenvalue weighted by atomic mass is 16.5. The molecule has 6 heteroatoms. The zero-order valence-corrected chi connectivity index (χ0v) is 10.1. The van der Waals surface area contributed by atoms with E-state index in [4.69, 9.17) is 10.6 Å². The van der Waals surface area contributed by atoms with Gasteiger partial charge in [0.1, 0.15) is 5.75 Å². The third kappa shape index (κ3) is 3.33. The first-order valence-corrected chi connectivity index (χ1v) is 5.07. The third-order valence-electron chi connectivity index (χ3n) is 2.24. The van der Waals surface area contributed by atoms with Gasteiger partial charge < -0.3 is 9.47 Å². The molecule has 18 heavy (non-hydrogen) atoms. The summed E-state index contributed by atoms with van der Waals surface area (Å²) in [6, 6.07) is 4.84. The lowest BCUT2D eigenvalue weighted by Crippen LogP contribution is -2.30. The van der Waals surface area contributed by atoms with Gasteiger partial charge in [0.2, 0.25) is 0 Å². The Bertz CT molecular complexity index is 483. The van der Waals surface area contributed by atoms with E-state index >= 15 is 0 Å². The van der Waals surface area contributed by atoms with Crippen LogP contribution in [0, 0.1) is 0 Å². The molecule has 1 aromatic carbocycles. The van der Waals surface area contributed by atoms with Gasteiger partial charge >= 0.3 is 5.97 Å². The first-order chi connectivity index (χ1) is 8.62. The van der Waals surface area contributed by atoms with Crippen molar-refractivity contribution in [2.75, 3.05) is 14.2 Å². The molecule has 0 radical (unpaired) electrons. The molecule has 1 amide bonds. The Kier molecular flexibility index (Phi) is 4.89. The van der Waals surface area contributed by atoms with Crippen molar-refractivity contribution in [3.63, 3.8) is 0 Å². The highest BCUT2D eigenvalue weighted by Crippen LogP contribution is 2.19. The third-order valence-corrected chi connectivity index (χ3v) is 2.24. The second-order valence-corrected chi connectivity index (χ2v) is 3.28. The summed E-state index contributed by atoms with van der Waals surface area (Å²) in [5.41, 5.74) is 2.86. The summed E-state index contributed by atoms with van der Waals surface area (Å²) in [6.45, 7) is 0. The van der Waals surface area contributed by atoms with E-state index in [1.165, 1.54) is 32.4 Å². The molecular formula is C12H14N2O4. The maximum absolute atomic E-state index is 11.6. The Morgan fingerprint density at radius 2 is 2.06 bits per heavy atom. The van der Waals surface area contributed by atoms with Crippen molar-refractivity contribution in [1.82, 2.24) is 5.43 Å². The number of esters is 1. The quantitative estimate of drug-likeness (QED) is 0.267. The number of hydrogen-bond donors (Lipinski definition) is 2. The van der Waals surface area contributed by atoms with Crippen LogP contribution in [0.3, 0.4) is 0 Å². The molecule has 3 N–H and O–H groups in total. The van der Waals surface area contributed by atoms with Crippen molar-refractivity contribution in [2.45, 2.75) is 0 Å². The number of methoxy groups -OCH3 is 2. The van der Waals surface area contributed by atoms with Crippen LogP contribution in [-0.4, -0.2) is 26.1 Å². The van der Waals surface area contributed by atoms with Crippen LogP contribution in [0.5, 0.6) is 5.75 Å². The normalized spacial score (nSPS) is 10.2. The Balaban J connectivity index is 3.14. The number of carbonyl (C=O) groups is 2. The number of rotatable bonds is 4. The van der Waals surface area contributed by atoms with Crippen LogP contribution in [0.2, 0.25) is 0 Å². The highest BCUT2D eigenvalue weighted by Gasteiger charge is 2.10. The molecule has 6 nitrogen and oxygen atoms in total. The topological polar surface area (TPSA) is 90.6 Å². The van der Waals surface area contributed by atoms with Crippen LogP contribution in [0.1, 0.15) is 15.9 Å². The minimum absolute atomic E-state index is 0.303. The van der Waals surface area contributed by atoms with Crippen molar-refractivity contribution >= 4 is 18.0 Å². The maximum Gasteiger partial charge on any atom is 0.330 e. The Labute approximate surface area is 104 Å². The summed E-state index contributed by atoms with van der Waals surface area (Å²) in [4.78, 5) is 22.6. The summed E-state index contributed by atoms with van der Waals surface area (Å²) >= 11 is 0. The van der Waals surface area contributed by atoms with E-state index in [1.807, 2.05) is 5.43 Å². The van der Waals surface area contributed by atoms with Crippen LogP contribution in [0.4, 0.5) is 0 Å². The van der Waals surface area contributed by atoms with E-state index in [1.54, 1.807) is 12.1 Å². The average molecular weight is 250 g/mol. The van der Waals surface area contributed by atoms with E-state index in [2.05, 4.69) is 4.74 Å². The average Bonchev–Trinajstić information content (AvgIpc) is 2.43. The standard InChI is InChI=1S/C12H14N2O4/c1-17-9-5-3-8(4-6-11(15)18-2)10(7-9)12(16)14-13/h3-7H,13H2,1-2H3,(H,14,16).